The number of likely N-dealkylation sites (N-methyl/N-ethyl adjacent to an activating group) is 1. The number of aromatic nitrogens is 1. The van der Waals surface area contributed by atoms with Crippen molar-refractivity contribution < 1.29 is 4.84 Å². The lowest BCUT2D eigenvalue weighted by molar-refractivity contribution is -0.0167. The van der Waals surface area contributed by atoms with Gasteiger partial charge in [0.05, 0.1) is 0 Å². The first kappa shape index (κ1) is 15.1. The Morgan fingerprint density at radius 3 is 2.75 bits per heavy atom. The summed E-state index contributed by atoms with van der Waals surface area (Å²) in [6, 6.07) is 3.94. The van der Waals surface area contributed by atoms with Crippen molar-refractivity contribution in [2.24, 2.45) is 5.16 Å². The van der Waals surface area contributed by atoms with Crippen LogP contribution >= 0.6 is 12.4 Å². The van der Waals surface area contributed by atoms with Crippen LogP contribution in [0.15, 0.2) is 29.7 Å². The molecular weight excluding hydrogens is 276 g/mol. The quantitative estimate of drug-likeness (QED) is 0.836. The van der Waals surface area contributed by atoms with Gasteiger partial charge in [0.1, 0.15) is 6.17 Å². The average molecular weight is 297 g/mol. The first-order valence-corrected chi connectivity index (χ1v) is 6.93. The average Bonchev–Trinajstić information content (AvgIpc) is 2.49. The highest BCUT2D eigenvalue weighted by Gasteiger charge is 2.30. The first-order valence-electron chi connectivity index (χ1n) is 6.93. The van der Waals surface area contributed by atoms with Crippen LogP contribution in [0.4, 0.5) is 0 Å². The van der Waals surface area contributed by atoms with Crippen molar-refractivity contribution in [1.29, 1.82) is 0 Å². The minimum Gasteiger partial charge on any atom is -0.390 e. The number of halogens is 1. The van der Waals surface area contributed by atoms with Crippen LogP contribution < -0.4 is 0 Å². The molecule has 2 aliphatic rings. The lowest BCUT2D eigenvalue weighted by Gasteiger charge is -2.41. The van der Waals surface area contributed by atoms with Gasteiger partial charge < -0.3 is 9.74 Å². The summed E-state index contributed by atoms with van der Waals surface area (Å²) in [5.74, 6) is 0.870. The third kappa shape index (κ3) is 3.04. The van der Waals surface area contributed by atoms with Crippen molar-refractivity contribution in [3.8, 4) is 0 Å². The molecule has 20 heavy (non-hydrogen) atoms. The van der Waals surface area contributed by atoms with E-state index < -0.39 is 0 Å². The minimum absolute atomic E-state index is 0. The number of amidine groups is 1. The second-order valence-corrected chi connectivity index (χ2v) is 5.14. The van der Waals surface area contributed by atoms with Gasteiger partial charge in [0.25, 0.3) is 0 Å². The van der Waals surface area contributed by atoms with Crippen LogP contribution in [0.5, 0.6) is 0 Å². The lowest BCUT2D eigenvalue weighted by atomic mass is 10.1. The molecule has 0 bridgehead atoms. The molecule has 0 N–H and O–H groups in total. The number of pyridine rings is 1. The summed E-state index contributed by atoms with van der Waals surface area (Å²) in [6.07, 6.45) is 7.80. The van der Waals surface area contributed by atoms with E-state index in [2.05, 4.69) is 27.0 Å². The van der Waals surface area contributed by atoms with E-state index in [1.807, 2.05) is 18.3 Å². The molecule has 3 rings (SSSR count). The molecule has 1 fully saturated rings. The standard InChI is InChI=1S/C14H20N4O.ClH/c1-17-13(18-8-3-2-4-9-18)11-19-16-14(17)12-6-5-7-15-10-12;/h5-7,10,13H,2-4,8-9,11H2,1H3;1H. The lowest BCUT2D eigenvalue weighted by Crippen LogP contribution is -2.55. The Labute approximate surface area is 126 Å². The molecule has 0 aliphatic carbocycles. The zero-order chi connectivity index (χ0) is 13.1. The van der Waals surface area contributed by atoms with Gasteiger partial charge in [0.15, 0.2) is 12.4 Å². The molecule has 1 unspecified atom stereocenters. The molecule has 3 heterocycles. The number of rotatable bonds is 2. The number of oxime groups is 1. The van der Waals surface area contributed by atoms with Crippen molar-refractivity contribution in [2.75, 3.05) is 26.7 Å². The monoisotopic (exact) mass is 296 g/mol. The Hall–Kier alpha value is -1.33. The van der Waals surface area contributed by atoms with Gasteiger partial charge in [0, 0.05) is 38.1 Å². The molecule has 2 aliphatic heterocycles. The van der Waals surface area contributed by atoms with Crippen molar-refractivity contribution in [3.05, 3.63) is 30.1 Å². The molecule has 110 valence electrons. The molecule has 1 aromatic rings. The molecule has 1 saturated heterocycles. The summed E-state index contributed by atoms with van der Waals surface area (Å²) in [5, 5.41) is 4.20. The summed E-state index contributed by atoms with van der Waals surface area (Å²) in [4.78, 5) is 14.3. The van der Waals surface area contributed by atoms with Crippen LogP contribution in [0.2, 0.25) is 0 Å². The van der Waals surface area contributed by atoms with Gasteiger partial charge in [-0.3, -0.25) is 9.88 Å². The topological polar surface area (TPSA) is 41.0 Å². The molecule has 0 spiro atoms. The van der Waals surface area contributed by atoms with Gasteiger partial charge in [-0.05, 0) is 25.0 Å². The zero-order valence-electron chi connectivity index (χ0n) is 11.7. The van der Waals surface area contributed by atoms with Crippen LogP contribution in [0.1, 0.15) is 24.8 Å². The Morgan fingerprint density at radius 1 is 1.25 bits per heavy atom. The van der Waals surface area contributed by atoms with Gasteiger partial charge in [-0.1, -0.05) is 11.6 Å². The maximum absolute atomic E-state index is 5.45. The van der Waals surface area contributed by atoms with Crippen molar-refractivity contribution in [2.45, 2.75) is 25.4 Å². The van der Waals surface area contributed by atoms with Crippen LogP contribution in [0.3, 0.4) is 0 Å². The zero-order valence-corrected chi connectivity index (χ0v) is 12.6. The van der Waals surface area contributed by atoms with Crippen molar-refractivity contribution in [3.63, 3.8) is 0 Å². The SMILES string of the molecule is CN1C(c2cccnc2)=NOCC1N1CCCCC1.Cl. The molecule has 0 aromatic carbocycles. The number of likely N-dealkylation sites (tertiary alicyclic amines) is 1. The van der Waals surface area contributed by atoms with E-state index in [9.17, 15) is 0 Å². The van der Waals surface area contributed by atoms with Crippen molar-refractivity contribution >= 4 is 18.2 Å². The van der Waals surface area contributed by atoms with Crippen LogP contribution in [0.25, 0.3) is 0 Å². The molecule has 0 radical (unpaired) electrons. The van der Waals surface area contributed by atoms with E-state index in [-0.39, 0.29) is 18.6 Å². The molecule has 5 nitrogen and oxygen atoms in total. The Morgan fingerprint density at radius 2 is 2.05 bits per heavy atom. The summed E-state index contributed by atoms with van der Waals surface area (Å²) < 4.78 is 0. The van der Waals surface area contributed by atoms with E-state index in [0.29, 0.717) is 6.61 Å². The fourth-order valence-electron chi connectivity index (χ4n) is 2.80. The molecular formula is C14H21ClN4O. The minimum atomic E-state index is 0. The van der Waals surface area contributed by atoms with Crippen molar-refractivity contribution in [1.82, 2.24) is 14.8 Å². The van der Waals surface area contributed by atoms with E-state index in [1.54, 1.807) is 6.20 Å². The number of hydrogen-bond donors (Lipinski definition) is 0. The predicted octanol–water partition coefficient (Wildman–Crippen LogP) is 1.94. The predicted molar refractivity (Wildman–Crippen MR) is 80.9 cm³/mol. The second-order valence-electron chi connectivity index (χ2n) is 5.14. The van der Waals surface area contributed by atoms with Gasteiger partial charge in [-0.2, -0.15) is 0 Å². The van der Waals surface area contributed by atoms with Gasteiger partial charge >= 0.3 is 0 Å². The molecule has 1 aromatic heterocycles. The molecule has 6 heteroatoms. The highest BCUT2D eigenvalue weighted by atomic mass is 35.5. The van der Waals surface area contributed by atoms with E-state index >= 15 is 0 Å². The third-order valence-electron chi connectivity index (χ3n) is 3.89. The van der Waals surface area contributed by atoms with E-state index in [1.165, 1.54) is 19.3 Å². The fourth-order valence-corrected chi connectivity index (χ4v) is 2.80. The first-order chi connectivity index (χ1) is 9.36. The Balaban J connectivity index is 0.00000147. The van der Waals surface area contributed by atoms with Gasteiger partial charge in [-0.15, -0.1) is 12.4 Å². The maximum atomic E-state index is 5.45. The van der Waals surface area contributed by atoms with E-state index in [0.717, 1.165) is 24.5 Å². The van der Waals surface area contributed by atoms with Crippen LogP contribution in [0, 0.1) is 0 Å². The highest BCUT2D eigenvalue weighted by Crippen LogP contribution is 2.19. The second kappa shape index (κ2) is 6.90. The number of hydrogen-bond acceptors (Lipinski definition) is 5. The van der Waals surface area contributed by atoms with Crippen LogP contribution in [-0.4, -0.2) is 53.5 Å². The summed E-state index contributed by atoms with van der Waals surface area (Å²) in [6.45, 7) is 2.94. The fraction of sp³-hybridized carbons (Fsp3) is 0.571. The number of piperidine rings is 1. The maximum Gasteiger partial charge on any atom is 0.178 e. The van der Waals surface area contributed by atoms with Gasteiger partial charge in [-0.25, -0.2) is 0 Å². The Kier molecular flexibility index (Phi) is 5.20. The molecule has 0 amide bonds. The third-order valence-corrected chi connectivity index (χ3v) is 3.89. The Bertz CT molecular complexity index is 448. The van der Waals surface area contributed by atoms with E-state index in [4.69, 9.17) is 4.84 Å². The highest BCUT2D eigenvalue weighted by molar-refractivity contribution is 5.98. The smallest absolute Gasteiger partial charge is 0.178 e. The normalized spacial score (nSPS) is 23.6. The largest absolute Gasteiger partial charge is 0.390 e. The summed E-state index contributed by atoms with van der Waals surface area (Å²) in [5.41, 5.74) is 1.01. The number of nitrogens with zero attached hydrogens (tertiary/aromatic N) is 4. The summed E-state index contributed by atoms with van der Waals surface area (Å²) >= 11 is 0. The summed E-state index contributed by atoms with van der Waals surface area (Å²) in [7, 11) is 2.09. The molecule has 0 saturated carbocycles. The van der Waals surface area contributed by atoms with Crippen LogP contribution in [-0.2, 0) is 4.84 Å². The van der Waals surface area contributed by atoms with Gasteiger partial charge in [0.2, 0.25) is 0 Å². The molecule has 1 atom stereocenters.